The predicted molar refractivity (Wildman–Crippen MR) is 78.3 cm³/mol. The van der Waals surface area contributed by atoms with Crippen LogP contribution in [0.1, 0.15) is 55.4 Å². The Labute approximate surface area is 113 Å². The molecule has 3 nitrogen and oxygen atoms in total. The van der Waals surface area contributed by atoms with Gasteiger partial charge in [0.2, 0.25) is 0 Å². The summed E-state index contributed by atoms with van der Waals surface area (Å²) in [6, 6.07) is 0. The van der Waals surface area contributed by atoms with Crippen LogP contribution in [-0.2, 0) is 9.16 Å². The van der Waals surface area contributed by atoms with Crippen LogP contribution in [0.3, 0.4) is 0 Å². The molecule has 108 valence electrons. The van der Waals surface area contributed by atoms with E-state index in [9.17, 15) is 4.79 Å². The molecule has 0 aromatic rings. The average Bonchev–Trinajstić information content (AvgIpc) is 2.21. The van der Waals surface area contributed by atoms with Crippen LogP contribution in [0.5, 0.6) is 0 Å². The van der Waals surface area contributed by atoms with Crippen LogP contribution in [0.2, 0.25) is 16.6 Å². The SMILES string of the molecule is CC(C)COC(=O)O[Si](C(C)C)(C(C)C)C(C)C. The quantitative estimate of drug-likeness (QED) is 0.506. The van der Waals surface area contributed by atoms with Gasteiger partial charge in [-0.15, -0.1) is 0 Å². The highest BCUT2D eigenvalue weighted by atomic mass is 28.4. The molecule has 4 heteroatoms. The molecule has 18 heavy (non-hydrogen) atoms. The number of carbonyl (C=O) groups excluding carboxylic acids is 1. The molecule has 0 fully saturated rings. The van der Waals surface area contributed by atoms with E-state index < -0.39 is 14.5 Å². The van der Waals surface area contributed by atoms with Gasteiger partial charge in [-0.25, -0.2) is 4.79 Å². The van der Waals surface area contributed by atoms with Crippen molar-refractivity contribution in [1.82, 2.24) is 0 Å². The van der Waals surface area contributed by atoms with E-state index in [0.717, 1.165) is 0 Å². The molecule has 0 aromatic carbocycles. The molecule has 0 unspecified atom stereocenters. The lowest BCUT2D eigenvalue weighted by molar-refractivity contribution is 0.0828. The predicted octanol–water partition coefficient (Wildman–Crippen LogP) is 4.97. The van der Waals surface area contributed by atoms with Crippen molar-refractivity contribution in [1.29, 1.82) is 0 Å². The van der Waals surface area contributed by atoms with E-state index in [4.69, 9.17) is 9.16 Å². The molecule has 0 aliphatic rings. The normalized spacial score (nSPS) is 12.7. The van der Waals surface area contributed by atoms with Crippen molar-refractivity contribution in [3.63, 3.8) is 0 Å². The molecule has 0 aliphatic carbocycles. The molecule has 0 bridgehead atoms. The Morgan fingerprint density at radius 3 is 1.56 bits per heavy atom. The smallest absolute Gasteiger partial charge is 0.488 e. The third-order valence-electron chi connectivity index (χ3n) is 3.50. The lowest BCUT2D eigenvalue weighted by Crippen LogP contribution is -2.49. The second-order valence-corrected chi connectivity index (χ2v) is 11.7. The maximum Gasteiger partial charge on any atom is 0.494 e. The summed E-state index contributed by atoms with van der Waals surface area (Å²) in [4.78, 5) is 11.9. The highest BCUT2D eigenvalue weighted by Gasteiger charge is 2.48. The minimum Gasteiger partial charge on any atom is -0.488 e. The van der Waals surface area contributed by atoms with E-state index >= 15 is 0 Å². The zero-order valence-corrected chi connectivity index (χ0v) is 14.2. The molecule has 0 aromatic heterocycles. The van der Waals surface area contributed by atoms with E-state index in [1.54, 1.807) is 0 Å². The van der Waals surface area contributed by atoms with Crippen LogP contribution in [-0.4, -0.2) is 21.1 Å². The van der Waals surface area contributed by atoms with Crippen molar-refractivity contribution < 1.29 is 14.0 Å². The van der Waals surface area contributed by atoms with Gasteiger partial charge in [0.05, 0.1) is 6.61 Å². The van der Waals surface area contributed by atoms with Gasteiger partial charge >= 0.3 is 6.16 Å². The summed E-state index contributed by atoms with van der Waals surface area (Å²) in [6.45, 7) is 17.4. The van der Waals surface area contributed by atoms with Gasteiger partial charge in [-0.2, -0.15) is 0 Å². The molecule has 0 heterocycles. The van der Waals surface area contributed by atoms with Crippen LogP contribution >= 0.6 is 0 Å². The van der Waals surface area contributed by atoms with Crippen LogP contribution < -0.4 is 0 Å². The van der Waals surface area contributed by atoms with Crippen LogP contribution in [0.25, 0.3) is 0 Å². The Hall–Kier alpha value is -0.513. The van der Waals surface area contributed by atoms with Crippen molar-refractivity contribution in [2.24, 2.45) is 5.92 Å². The highest BCUT2D eigenvalue weighted by Crippen LogP contribution is 2.42. The van der Waals surface area contributed by atoms with Gasteiger partial charge < -0.3 is 9.16 Å². The molecule has 0 saturated heterocycles. The van der Waals surface area contributed by atoms with Crippen LogP contribution in [0, 0.1) is 5.92 Å². The van der Waals surface area contributed by atoms with Crippen molar-refractivity contribution in [3.8, 4) is 0 Å². The summed E-state index contributed by atoms with van der Waals surface area (Å²) >= 11 is 0. The molecular weight excluding hydrogens is 244 g/mol. The topological polar surface area (TPSA) is 35.5 Å². The van der Waals surface area contributed by atoms with Gasteiger partial charge in [-0.3, -0.25) is 0 Å². The third kappa shape index (κ3) is 4.30. The Morgan fingerprint density at radius 2 is 1.28 bits per heavy atom. The van der Waals surface area contributed by atoms with Gasteiger partial charge in [-0.1, -0.05) is 55.4 Å². The summed E-state index contributed by atoms with van der Waals surface area (Å²) in [5.41, 5.74) is 1.18. The van der Waals surface area contributed by atoms with Crippen molar-refractivity contribution >= 4 is 14.5 Å². The molecule has 0 rings (SSSR count). The van der Waals surface area contributed by atoms with E-state index in [0.29, 0.717) is 29.1 Å². The monoisotopic (exact) mass is 274 g/mol. The summed E-state index contributed by atoms with van der Waals surface area (Å²) in [6.07, 6.45) is -0.480. The van der Waals surface area contributed by atoms with E-state index in [1.807, 2.05) is 13.8 Å². The first-order valence-electron chi connectivity index (χ1n) is 7.00. The zero-order valence-electron chi connectivity index (χ0n) is 13.2. The van der Waals surface area contributed by atoms with Crippen molar-refractivity contribution in [2.75, 3.05) is 6.61 Å². The van der Waals surface area contributed by atoms with Crippen molar-refractivity contribution in [2.45, 2.75) is 72.0 Å². The molecule has 0 N–H and O–H groups in total. The first-order valence-corrected chi connectivity index (χ1v) is 9.14. The molecule has 0 amide bonds. The van der Waals surface area contributed by atoms with E-state index in [2.05, 4.69) is 41.5 Å². The number of carbonyl (C=O) groups is 1. The summed E-state index contributed by atoms with van der Waals surface area (Å²) in [5, 5.41) is 0. The molecule has 0 atom stereocenters. The summed E-state index contributed by atoms with van der Waals surface area (Å²) in [5.74, 6) is 0.339. The molecular formula is C14H30O3Si. The molecule has 0 spiro atoms. The van der Waals surface area contributed by atoms with Gasteiger partial charge in [0, 0.05) is 0 Å². The lowest BCUT2D eigenvalue weighted by atomic mass is 10.2. The number of hydrogen-bond acceptors (Lipinski definition) is 3. The molecule has 0 aliphatic heterocycles. The largest absolute Gasteiger partial charge is 0.494 e. The fourth-order valence-corrected chi connectivity index (χ4v) is 7.82. The minimum atomic E-state index is -2.14. The van der Waals surface area contributed by atoms with Gasteiger partial charge in [0.1, 0.15) is 0 Å². The van der Waals surface area contributed by atoms with E-state index in [-0.39, 0.29) is 0 Å². The number of hydrogen-bond donors (Lipinski definition) is 0. The first kappa shape index (κ1) is 17.5. The summed E-state index contributed by atoms with van der Waals surface area (Å²) < 4.78 is 11.0. The highest BCUT2D eigenvalue weighted by molar-refractivity contribution is 6.78. The number of rotatable bonds is 6. The van der Waals surface area contributed by atoms with Crippen molar-refractivity contribution in [3.05, 3.63) is 0 Å². The third-order valence-corrected chi connectivity index (χ3v) is 9.44. The molecule has 0 radical (unpaired) electrons. The fourth-order valence-electron chi connectivity index (χ4n) is 2.76. The second-order valence-electron chi connectivity index (χ2n) is 6.37. The second kappa shape index (κ2) is 7.17. The zero-order chi connectivity index (χ0) is 14.5. The van der Waals surface area contributed by atoms with Gasteiger partial charge in [0.25, 0.3) is 8.32 Å². The van der Waals surface area contributed by atoms with Gasteiger partial charge in [-0.05, 0) is 22.5 Å². The first-order chi connectivity index (χ1) is 8.14. The lowest BCUT2D eigenvalue weighted by Gasteiger charge is -2.40. The Balaban J connectivity index is 4.84. The molecule has 0 saturated carbocycles. The fraction of sp³-hybridized carbons (Fsp3) is 0.929. The maximum absolute atomic E-state index is 11.9. The number of ether oxygens (including phenoxy) is 1. The maximum atomic E-state index is 11.9. The average molecular weight is 274 g/mol. The standard InChI is InChI=1S/C14H30O3Si/c1-10(2)9-16-14(15)17-18(11(3)4,12(5)6)13(7)8/h10-13H,9H2,1-8H3. The van der Waals surface area contributed by atoms with E-state index in [1.165, 1.54) is 0 Å². The Kier molecular flexibility index (Phi) is 6.96. The summed E-state index contributed by atoms with van der Waals surface area (Å²) in [7, 11) is -2.14. The minimum absolute atomic E-state index is 0.339. The Bertz CT molecular complexity index is 238. The van der Waals surface area contributed by atoms with Crippen LogP contribution in [0.4, 0.5) is 4.79 Å². The Morgan fingerprint density at radius 1 is 0.889 bits per heavy atom. The van der Waals surface area contributed by atoms with Crippen LogP contribution in [0.15, 0.2) is 0 Å². The van der Waals surface area contributed by atoms with Gasteiger partial charge in [0.15, 0.2) is 0 Å².